The molecule has 1 N–H and O–H groups in total. The first kappa shape index (κ1) is 18.7. The Hall–Kier alpha value is -2.08. The van der Waals surface area contributed by atoms with E-state index >= 15 is 0 Å². The molecule has 1 aromatic carbocycles. The molecule has 2 aromatic rings. The standard InChI is InChI=1S/C20H25N3O2S/c1-13-4-6-17-16(10-13)14(2)11-19(22-17)26-9-8-18(24)21-15-5-7-20(25)23(3)12-15/h4,6,10-11,15H,5,7-9,12H2,1-3H3,(H,21,24)/t15-/m1/s1. The largest absolute Gasteiger partial charge is 0.352 e. The minimum Gasteiger partial charge on any atom is -0.352 e. The van der Waals surface area contributed by atoms with Gasteiger partial charge in [0.15, 0.2) is 0 Å². The first-order chi connectivity index (χ1) is 12.4. The molecular formula is C20H25N3O2S. The summed E-state index contributed by atoms with van der Waals surface area (Å²) in [5, 5.41) is 5.17. The molecule has 2 heterocycles. The molecule has 138 valence electrons. The second-order valence-electron chi connectivity index (χ2n) is 6.97. The molecule has 0 saturated carbocycles. The highest BCUT2D eigenvalue weighted by Gasteiger charge is 2.23. The number of likely N-dealkylation sites (N-methyl/N-ethyl adjacent to an activating group) is 1. The molecule has 1 aliphatic rings. The molecule has 0 bridgehead atoms. The number of hydrogen-bond acceptors (Lipinski definition) is 4. The number of thioether (sulfide) groups is 1. The number of fused-ring (bicyclic) bond motifs is 1. The molecule has 0 radical (unpaired) electrons. The van der Waals surface area contributed by atoms with Crippen molar-refractivity contribution in [3.8, 4) is 0 Å². The van der Waals surface area contributed by atoms with Crippen LogP contribution in [0, 0.1) is 13.8 Å². The van der Waals surface area contributed by atoms with Gasteiger partial charge in [0.05, 0.1) is 10.5 Å². The topological polar surface area (TPSA) is 62.3 Å². The number of nitrogens with zero attached hydrogens (tertiary/aromatic N) is 2. The molecule has 26 heavy (non-hydrogen) atoms. The molecule has 1 atom stereocenters. The van der Waals surface area contributed by atoms with Crippen LogP contribution in [0.15, 0.2) is 29.3 Å². The van der Waals surface area contributed by atoms with Crippen LogP contribution in [-0.2, 0) is 9.59 Å². The predicted molar refractivity (Wildman–Crippen MR) is 105 cm³/mol. The average molecular weight is 372 g/mol. The zero-order valence-corrected chi connectivity index (χ0v) is 16.4. The summed E-state index contributed by atoms with van der Waals surface area (Å²) < 4.78 is 0. The number of nitrogens with one attached hydrogen (secondary N) is 1. The van der Waals surface area contributed by atoms with Crippen molar-refractivity contribution in [3.05, 3.63) is 35.4 Å². The highest BCUT2D eigenvalue weighted by Crippen LogP contribution is 2.25. The van der Waals surface area contributed by atoms with E-state index in [4.69, 9.17) is 4.98 Å². The predicted octanol–water partition coefficient (Wildman–Crippen LogP) is 3.07. The van der Waals surface area contributed by atoms with Crippen LogP contribution >= 0.6 is 11.8 Å². The SMILES string of the molecule is Cc1ccc2nc(SCCC(=O)N[C@@H]3CCC(=O)N(C)C3)cc(C)c2c1. The number of likely N-dealkylation sites (tertiary alicyclic amines) is 1. The fourth-order valence-corrected chi connectivity index (χ4v) is 4.15. The summed E-state index contributed by atoms with van der Waals surface area (Å²) in [4.78, 5) is 30.0. The third-order valence-electron chi connectivity index (χ3n) is 4.72. The van der Waals surface area contributed by atoms with Gasteiger partial charge >= 0.3 is 0 Å². The van der Waals surface area contributed by atoms with Gasteiger partial charge in [0.25, 0.3) is 0 Å². The number of hydrogen-bond donors (Lipinski definition) is 1. The van der Waals surface area contributed by atoms with Crippen LogP contribution in [0.25, 0.3) is 10.9 Å². The van der Waals surface area contributed by atoms with Gasteiger partial charge in [-0.15, -0.1) is 11.8 Å². The fourth-order valence-electron chi connectivity index (χ4n) is 3.23. The van der Waals surface area contributed by atoms with Gasteiger partial charge in [-0.1, -0.05) is 11.6 Å². The van der Waals surface area contributed by atoms with Gasteiger partial charge in [0, 0.05) is 43.6 Å². The second kappa shape index (κ2) is 8.08. The quantitative estimate of drug-likeness (QED) is 0.821. The molecule has 0 spiro atoms. The van der Waals surface area contributed by atoms with Gasteiger partial charge < -0.3 is 10.2 Å². The maximum absolute atomic E-state index is 12.2. The van der Waals surface area contributed by atoms with Gasteiger partial charge in [-0.3, -0.25) is 9.59 Å². The van der Waals surface area contributed by atoms with E-state index in [2.05, 4.69) is 43.4 Å². The monoisotopic (exact) mass is 371 g/mol. The molecule has 1 aliphatic heterocycles. The molecule has 5 nitrogen and oxygen atoms in total. The second-order valence-corrected chi connectivity index (χ2v) is 8.09. The highest BCUT2D eigenvalue weighted by molar-refractivity contribution is 7.99. The number of carbonyl (C=O) groups is 2. The van der Waals surface area contributed by atoms with Crippen LogP contribution < -0.4 is 5.32 Å². The molecule has 3 rings (SSSR count). The molecule has 0 unspecified atom stereocenters. The fraction of sp³-hybridized carbons (Fsp3) is 0.450. The Kier molecular flexibility index (Phi) is 5.81. The van der Waals surface area contributed by atoms with E-state index in [0.717, 1.165) is 17.0 Å². The first-order valence-electron chi connectivity index (χ1n) is 8.96. The Balaban J connectivity index is 1.51. The van der Waals surface area contributed by atoms with Crippen LogP contribution in [0.4, 0.5) is 0 Å². The van der Waals surface area contributed by atoms with Gasteiger partial charge in [0.1, 0.15) is 0 Å². The third-order valence-corrected chi connectivity index (χ3v) is 5.63. The third kappa shape index (κ3) is 4.55. The lowest BCUT2D eigenvalue weighted by Crippen LogP contribution is -2.48. The summed E-state index contributed by atoms with van der Waals surface area (Å²) in [6.45, 7) is 4.78. The van der Waals surface area contributed by atoms with E-state index in [1.54, 1.807) is 23.7 Å². The number of aryl methyl sites for hydroxylation is 2. The molecule has 0 aliphatic carbocycles. The number of pyridine rings is 1. The molecule has 1 saturated heterocycles. The minimum absolute atomic E-state index is 0.0402. The van der Waals surface area contributed by atoms with Gasteiger partial charge in [0.2, 0.25) is 11.8 Å². The Morgan fingerprint density at radius 1 is 1.35 bits per heavy atom. The van der Waals surface area contributed by atoms with Crippen molar-refractivity contribution in [1.29, 1.82) is 0 Å². The zero-order chi connectivity index (χ0) is 18.7. The maximum Gasteiger partial charge on any atom is 0.222 e. The van der Waals surface area contributed by atoms with E-state index in [-0.39, 0.29) is 17.9 Å². The van der Waals surface area contributed by atoms with E-state index in [1.807, 2.05) is 0 Å². The smallest absolute Gasteiger partial charge is 0.222 e. The Bertz CT molecular complexity index is 837. The molecule has 1 fully saturated rings. The molecule has 1 aromatic heterocycles. The molecular weight excluding hydrogens is 346 g/mol. The number of aromatic nitrogens is 1. The lowest BCUT2D eigenvalue weighted by atomic mass is 10.1. The first-order valence-corrected chi connectivity index (χ1v) is 9.95. The van der Waals surface area contributed by atoms with Crippen molar-refractivity contribution in [3.63, 3.8) is 0 Å². The summed E-state index contributed by atoms with van der Waals surface area (Å²) in [7, 11) is 1.78. The van der Waals surface area contributed by atoms with E-state index in [1.165, 1.54) is 16.5 Å². The van der Waals surface area contributed by atoms with E-state index in [0.29, 0.717) is 25.1 Å². The summed E-state index contributed by atoms with van der Waals surface area (Å²) in [6, 6.07) is 8.44. The molecule has 6 heteroatoms. The Labute approximate surface area is 158 Å². The number of benzene rings is 1. The van der Waals surface area contributed by atoms with Gasteiger partial charge in [-0.2, -0.15) is 0 Å². The van der Waals surface area contributed by atoms with Crippen LogP contribution in [-0.4, -0.2) is 47.1 Å². The normalized spacial score (nSPS) is 17.6. The van der Waals surface area contributed by atoms with Crippen LogP contribution in [0.2, 0.25) is 0 Å². The van der Waals surface area contributed by atoms with Crippen LogP contribution in [0.3, 0.4) is 0 Å². The van der Waals surface area contributed by atoms with Crippen molar-refractivity contribution in [2.45, 2.75) is 44.2 Å². The van der Waals surface area contributed by atoms with Crippen LogP contribution in [0.5, 0.6) is 0 Å². The number of rotatable bonds is 5. The van der Waals surface area contributed by atoms with Crippen molar-refractivity contribution in [2.24, 2.45) is 0 Å². The maximum atomic E-state index is 12.2. The lowest BCUT2D eigenvalue weighted by molar-refractivity contribution is -0.133. The van der Waals surface area contributed by atoms with Crippen molar-refractivity contribution >= 4 is 34.5 Å². The summed E-state index contributed by atoms with van der Waals surface area (Å²) in [5.74, 6) is 0.884. The van der Waals surface area contributed by atoms with Crippen LogP contribution in [0.1, 0.15) is 30.4 Å². The van der Waals surface area contributed by atoms with Crippen molar-refractivity contribution < 1.29 is 9.59 Å². The summed E-state index contributed by atoms with van der Waals surface area (Å²) in [6.07, 6.45) is 1.69. The van der Waals surface area contributed by atoms with Gasteiger partial charge in [-0.25, -0.2) is 4.98 Å². The van der Waals surface area contributed by atoms with Crippen molar-refractivity contribution in [1.82, 2.24) is 15.2 Å². The van der Waals surface area contributed by atoms with Crippen molar-refractivity contribution in [2.75, 3.05) is 19.3 Å². The lowest BCUT2D eigenvalue weighted by Gasteiger charge is -2.30. The number of carbonyl (C=O) groups excluding carboxylic acids is 2. The summed E-state index contributed by atoms with van der Waals surface area (Å²) in [5.41, 5.74) is 3.44. The number of amides is 2. The van der Waals surface area contributed by atoms with E-state index < -0.39 is 0 Å². The van der Waals surface area contributed by atoms with E-state index in [9.17, 15) is 9.59 Å². The zero-order valence-electron chi connectivity index (χ0n) is 15.5. The van der Waals surface area contributed by atoms with Gasteiger partial charge in [-0.05, 0) is 44.0 Å². The molecule has 2 amide bonds. The minimum atomic E-state index is 0.0402. The number of piperidine rings is 1. The Morgan fingerprint density at radius 3 is 2.92 bits per heavy atom. The summed E-state index contributed by atoms with van der Waals surface area (Å²) >= 11 is 1.61. The highest BCUT2D eigenvalue weighted by atomic mass is 32.2. The average Bonchev–Trinajstić information content (AvgIpc) is 2.59. The Morgan fingerprint density at radius 2 is 2.15 bits per heavy atom.